The molecule has 2 rings (SSSR count). The van der Waals surface area contributed by atoms with Gasteiger partial charge in [-0.05, 0) is 30.7 Å². The smallest absolute Gasteiger partial charge is 0.257 e. The van der Waals surface area contributed by atoms with Crippen LogP contribution in [0, 0.1) is 5.92 Å². The van der Waals surface area contributed by atoms with E-state index in [-0.39, 0.29) is 22.8 Å². The normalized spacial score (nSPS) is 19.5. The average molecular weight is 392 g/mol. The monoisotopic (exact) mass is 392 g/mol. The van der Waals surface area contributed by atoms with Gasteiger partial charge in [0.25, 0.3) is 10.0 Å². The Morgan fingerprint density at radius 2 is 1.92 bits per heavy atom. The van der Waals surface area contributed by atoms with Gasteiger partial charge in [-0.25, -0.2) is 16.8 Å². The topological polar surface area (TPSA) is 128 Å². The minimum atomic E-state index is -3.97. The van der Waals surface area contributed by atoms with Gasteiger partial charge in [0.1, 0.15) is 12.4 Å². The third-order valence-corrected chi connectivity index (χ3v) is 6.63. The SMILES string of the molecule is COCCOc1ccc(S(=O)(=O)NNC(=O)C2CCS(=O)(=O)C2)cc1. The van der Waals surface area contributed by atoms with Crippen LogP contribution in [-0.4, -0.2) is 54.6 Å². The Hall–Kier alpha value is -1.69. The molecule has 0 saturated carbocycles. The van der Waals surface area contributed by atoms with Gasteiger partial charge in [0, 0.05) is 7.11 Å². The Labute approximate surface area is 146 Å². The predicted octanol–water partition coefficient (Wildman–Crippen LogP) is -0.544. The van der Waals surface area contributed by atoms with Crippen molar-refractivity contribution in [1.29, 1.82) is 0 Å². The number of sulfonamides is 1. The summed E-state index contributed by atoms with van der Waals surface area (Å²) in [5.41, 5.74) is 2.07. The Morgan fingerprint density at radius 1 is 1.24 bits per heavy atom. The maximum atomic E-state index is 12.1. The minimum Gasteiger partial charge on any atom is -0.491 e. The fourth-order valence-corrected chi connectivity index (χ4v) is 4.83. The Kier molecular flexibility index (Phi) is 6.38. The number of nitrogens with one attached hydrogen (secondary N) is 2. The van der Waals surface area contributed by atoms with Crippen molar-refractivity contribution < 1.29 is 31.1 Å². The van der Waals surface area contributed by atoms with Gasteiger partial charge >= 0.3 is 0 Å². The number of amides is 1. The molecule has 140 valence electrons. The van der Waals surface area contributed by atoms with Crippen LogP contribution in [0.2, 0.25) is 0 Å². The van der Waals surface area contributed by atoms with Gasteiger partial charge in [0.2, 0.25) is 5.91 Å². The number of benzene rings is 1. The van der Waals surface area contributed by atoms with Crippen LogP contribution in [0.1, 0.15) is 6.42 Å². The maximum absolute atomic E-state index is 12.1. The van der Waals surface area contributed by atoms with E-state index < -0.39 is 31.7 Å². The number of hydrogen-bond donors (Lipinski definition) is 2. The van der Waals surface area contributed by atoms with Crippen molar-refractivity contribution in [2.24, 2.45) is 5.92 Å². The summed E-state index contributed by atoms with van der Waals surface area (Å²) in [6.45, 7) is 0.742. The molecule has 1 aromatic rings. The van der Waals surface area contributed by atoms with Crippen LogP contribution in [0.5, 0.6) is 5.75 Å². The van der Waals surface area contributed by atoms with E-state index in [4.69, 9.17) is 9.47 Å². The number of rotatable bonds is 8. The molecule has 0 aliphatic carbocycles. The second-order valence-corrected chi connectivity index (χ2v) is 9.42. The van der Waals surface area contributed by atoms with Crippen LogP contribution in [0.15, 0.2) is 29.2 Å². The highest BCUT2D eigenvalue weighted by atomic mass is 32.2. The van der Waals surface area contributed by atoms with E-state index in [2.05, 4.69) is 5.43 Å². The summed E-state index contributed by atoms with van der Waals surface area (Å²) >= 11 is 0. The number of methoxy groups -OCH3 is 1. The molecule has 0 spiro atoms. The van der Waals surface area contributed by atoms with Crippen molar-refractivity contribution in [1.82, 2.24) is 10.3 Å². The van der Waals surface area contributed by atoms with E-state index in [1.165, 1.54) is 24.3 Å². The molecule has 1 heterocycles. The van der Waals surface area contributed by atoms with E-state index >= 15 is 0 Å². The van der Waals surface area contributed by atoms with E-state index in [0.29, 0.717) is 19.0 Å². The first kappa shape index (κ1) is 19.6. The van der Waals surface area contributed by atoms with Crippen molar-refractivity contribution in [3.63, 3.8) is 0 Å². The lowest BCUT2D eigenvalue weighted by atomic mass is 10.1. The summed E-state index contributed by atoms with van der Waals surface area (Å²) in [4.78, 5) is 13.8. The van der Waals surface area contributed by atoms with Gasteiger partial charge in [0.05, 0.1) is 28.9 Å². The van der Waals surface area contributed by atoms with Crippen molar-refractivity contribution in [2.45, 2.75) is 11.3 Å². The maximum Gasteiger partial charge on any atom is 0.257 e. The van der Waals surface area contributed by atoms with Crippen LogP contribution in [0.4, 0.5) is 0 Å². The fraction of sp³-hybridized carbons (Fsp3) is 0.500. The molecule has 1 unspecified atom stereocenters. The van der Waals surface area contributed by atoms with Gasteiger partial charge in [-0.3, -0.25) is 10.2 Å². The van der Waals surface area contributed by atoms with Crippen LogP contribution in [-0.2, 0) is 29.4 Å². The Morgan fingerprint density at radius 3 is 2.48 bits per heavy atom. The molecule has 1 atom stereocenters. The highest BCUT2D eigenvalue weighted by Gasteiger charge is 2.33. The molecule has 1 amide bonds. The first-order valence-corrected chi connectivity index (χ1v) is 10.8. The van der Waals surface area contributed by atoms with Crippen molar-refractivity contribution in [2.75, 3.05) is 31.8 Å². The summed E-state index contributed by atoms with van der Waals surface area (Å²) in [6.07, 6.45) is 0.184. The first-order chi connectivity index (χ1) is 11.7. The molecular weight excluding hydrogens is 372 g/mol. The second kappa shape index (κ2) is 8.13. The molecule has 0 aromatic heterocycles. The Bertz CT molecular complexity index is 804. The summed E-state index contributed by atoms with van der Waals surface area (Å²) in [5.74, 6) is -1.26. The molecular formula is C14H20N2O7S2. The van der Waals surface area contributed by atoms with Crippen LogP contribution < -0.4 is 15.0 Å². The highest BCUT2D eigenvalue weighted by Crippen LogP contribution is 2.19. The average Bonchev–Trinajstić information content (AvgIpc) is 2.93. The van der Waals surface area contributed by atoms with Gasteiger partial charge in [-0.15, -0.1) is 4.83 Å². The van der Waals surface area contributed by atoms with Gasteiger partial charge < -0.3 is 9.47 Å². The molecule has 1 fully saturated rings. The predicted molar refractivity (Wildman–Crippen MR) is 89.0 cm³/mol. The van der Waals surface area contributed by atoms with E-state index in [1.807, 2.05) is 4.83 Å². The standard InChI is InChI=1S/C14H20N2O7S2/c1-22-7-8-23-12-2-4-13(5-3-12)25(20,21)16-15-14(17)11-6-9-24(18,19)10-11/h2-5,11,16H,6-10H2,1H3,(H,15,17). The number of hydrazine groups is 1. The van der Waals surface area contributed by atoms with Crippen molar-refractivity contribution in [3.05, 3.63) is 24.3 Å². The first-order valence-electron chi connectivity index (χ1n) is 7.47. The van der Waals surface area contributed by atoms with E-state index in [0.717, 1.165) is 0 Å². The second-order valence-electron chi connectivity index (χ2n) is 5.51. The van der Waals surface area contributed by atoms with Crippen LogP contribution in [0.25, 0.3) is 0 Å². The number of hydrogen-bond acceptors (Lipinski definition) is 7. The molecule has 11 heteroatoms. The minimum absolute atomic E-state index is 0.0639. The zero-order valence-corrected chi connectivity index (χ0v) is 15.2. The molecule has 2 N–H and O–H groups in total. The summed E-state index contributed by atoms with van der Waals surface area (Å²) in [7, 11) is -5.65. The third kappa shape index (κ3) is 5.66. The van der Waals surface area contributed by atoms with Crippen LogP contribution in [0.3, 0.4) is 0 Å². The number of sulfone groups is 1. The zero-order chi connectivity index (χ0) is 18.5. The summed E-state index contributed by atoms with van der Waals surface area (Å²) in [5, 5.41) is 0. The van der Waals surface area contributed by atoms with Crippen molar-refractivity contribution in [3.8, 4) is 5.75 Å². The molecule has 0 bridgehead atoms. The quantitative estimate of drug-likeness (QED) is 0.449. The molecule has 1 aliphatic rings. The van der Waals surface area contributed by atoms with E-state index in [9.17, 15) is 21.6 Å². The fourth-order valence-electron chi connectivity index (χ4n) is 2.24. The molecule has 1 saturated heterocycles. The largest absolute Gasteiger partial charge is 0.491 e. The lowest BCUT2D eigenvalue weighted by Gasteiger charge is -2.12. The molecule has 25 heavy (non-hydrogen) atoms. The van der Waals surface area contributed by atoms with Gasteiger partial charge in [-0.2, -0.15) is 0 Å². The van der Waals surface area contributed by atoms with Crippen LogP contribution >= 0.6 is 0 Å². The number of ether oxygens (including phenoxy) is 2. The van der Waals surface area contributed by atoms with Crippen molar-refractivity contribution >= 4 is 25.8 Å². The summed E-state index contributed by atoms with van der Waals surface area (Å²) < 4.78 is 57.2. The lowest BCUT2D eigenvalue weighted by molar-refractivity contribution is -0.124. The molecule has 1 aromatic carbocycles. The number of carbonyl (C=O) groups excluding carboxylic acids is 1. The van der Waals surface area contributed by atoms with Gasteiger partial charge in [-0.1, -0.05) is 0 Å². The molecule has 9 nitrogen and oxygen atoms in total. The highest BCUT2D eigenvalue weighted by molar-refractivity contribution is 7.91. The third-order valence-electron chi connectivity index (χ3n) is 3.60. The zero-order valence-electron chi connectivity index (χ0n) is 13.6. The lowest BCUT2D eigenvalue weighted by Crippen LogP contribution is -2.44. The summed E-state index contributed by atoms with van der Waals surface area (Å²) in [6, 6.07) is 5.62. The number of carbonyl (C=O) groups is 1. The van der Waals surface area contributed by atoms with E-state index in [1.54, 1.807) is 7.11 Å². The Balaban J connectivity index is 1.91. The molecule has 1 aliphatic heterocycles. The molecule has 0 radical (unpaired) electrons. The van der Waals surface area contributed by atoms with Gasteiger partial charge in [0.15, 0.2) is 9.84 Å².